The number of nitrogens with two attached hydrogens (primary N) is 1. The minimum Gasteiger partial charge on any atom is -0.345 e. The van der Waals surface area contributed by atoms with Crippen LogP contribution in [0.5, 0.6) is 0 Å². The monoisotopic (exact) mass is 382 g/mol. The molecule has 27 heavy (non-hydrogen) atoms. The summed E-state index contributed by atoms with van der Waals surface area (Å²) >= 11 is 0. The van der Waals surface area contributed by atoms with Crippen molar-refractivity contribution in [2.24, 2.45) is 5.14 Å². The lowest BCUT2D eigenvalue weighted by molar-refractivity contribution is 0.0939. The summed E-state index contributed by atoms with van der Waals surface area (Å²) in [5.41, 5.74) is 3.14. The smallest absolute Gasteiger partial charge is 0.252 e. The van der Waals surface area contributed by atoms with E-state index in [9.17, 15) is 13.2 Å². The maximum Gasteiger partial charge on any atom is 0.252 e. The number of fused-ring (bicyclic) bond motifs is 1. The molecule has 1 unspecified atom stereocenters. The first-order valence-corrected chi connectivity index (χ1v) is 10.1. The SMILES string of the molecule is C=c1ccc(C(C)NC(=O)c2cc(S(N)(=O)=O)ccc2C)c2c1=CC=CC2. The molecule has 0 aliphatic heterocycles. The van der Waals surface area contributed by atoms with Gasteiger partial charge in [-0.25, -0.2) is 13.6 Å². The molecule has 6 heteroatoms. The summed E-state index contributed by atoms with van der Waals surface area (Å²) in [6.45, 7) is 7.73. The number of primary sulfonamides is 1. The Morgan fingerprint density at radius 1 is 1.26 bits per heavy atom. The molecule has 0 bridgehead atoms. The van der Waals surface area contributed by atoms with Crippen LogP contribution in [0.3, 0.4) is 0 Å². The van der Waals surface area contributed by atoms with Gasteiger partial charge in [0.1, 0.15) is 0 Å². The van der Waals surface area contributed by atoms with Gasteiger partial charge in [-0.3, -0.25) is 4.79 Å². The minimum absolute atomic E-state index is 0.0792. The molecule has 0 fully saturated rings. The van der Waals surface area contributed by atoms with Crippen LogP contribution in [0.15, 0.2) is 47.4 Å². The topological polar surface area (TPSA) is 89.3 Å². The third kappa shape index (κ3) is 3.86. The number of hydrogen-bond acceptors (Lipinski definition) is 3. The molecule has 0 radical (unpaired) electrons. The van der Waals surface area contributed by atoms with E-state index in [1.807, 2.05) is 31.2 Å². The quantitative estimate of drug-likeness (QED) is 0.838. The number of carbonyl (C=O) groups is 1. The van der Waals surface area contributed by atoms with Crippen LogP contribution in [-0.4, -0.2) is 14.3 Å². The Labute approximate surface area is 159 Å². The summed E-state index contributed by atoms with van der Waals surface area (Å²) in [6.07, 6.45) is 6.88. The molecular weight excluding hydrogens is 360 g/mol. The van der Waals surface area contributed by atoms with E-state index >= 15 is 0 Å². The molecule has 3 rings (SSSR count). The number of benzene rings is 2. The number of amides is 1. The van der Waals surface area contributed by atoms with E-state index < -0.39 is 10.0 Å². The highest BCUT2D eigenvalue weighted by molar-refractivity contribution is 7.89. The number of aryl methyl sites for hydroxylation is 1. The van der Waals surface area contributed by atoms with Crippen molar-refractivity contribution in [1.82, 2.24) is 5.32 Å². The second-order valence-electron chi connectivity index (χ2n) is 6.72. The van der Waals surface area contributed by atoms with Gasteiger partial charge in [0, 0.05) is 5.56 Å². The third-order valence-corrected chi connectivity index (χ3v) is 5.71. The molecule has 1 aliphatic carbocycles. The van der Waals surface area contributed by atoms with Crippen molar-refractivity contribution in [3.63, 3.8) is 0 Å². The Balaban J connectivity index is 1.93. The Morgan fingerprint density at radius 2 is 2.00 bits per heavy atom. The van der Waals surface area contributed by atoms with Crippen molar-refractivity contribution in [3.05, 3.63) is 75.2 Å². The van der Waals surface area contributed by atoms with Crippen LogP contribution < -0.4 is 20.9 Å². The predicted molar refractivity (Wildman–Crippen MR) is 107 cm³/mol. The normalized spacial score (nSPS) is 14.2. The number of carbonyl (C=O) groups excluding carboxylic acids is 1. The minimum atomic E-state index is -3.87. The van der Waals surface area contributed by atoms with Crippen molar-refractivity contribution in [1.29, 1.82) is 0 Å². The van der Waals surface area contributed by atoms with Gasteiger partial charge in [-0.1, -0.05) is 43.0 Å². The molecule has 1 amide bonds. The van der Waals surface area contributed by atoms with Crippen molar-refractivity contribution in [2.75, 3.05) is 0 Å². The molecule has 0 saturated heterocycles. The zero-order valence-corrected chi connectivity index (χ0v) is 16.1. The molecule has 1 aliphatic rings. The highest BCUT2D eigenvalue weighted by Gasteiger charge is 2.19. The van der Waals surface area contributed by atoms with Crippen molar-refractivity contribution in [2.45, 2.75) is 31.2 Å². The summed E-state index contributed by atoms with van der Waals surface area (Å²) < 4.78 is 23.2. The molecule has 5 nitrogen and oxygen atoms in total. The van der Waals surface area contributed by atoms with E-state index in [-0.39, 0.29) is 16.8 Å². The molecule has 2 aromatic rings. The van der Waals surface area contributed by atoms with Crippen molar-refractivity contribution < 1.29 is 13.2 Å². The van der Waals surface area contributed by atoms with Crippen LogP contribution in [0.4, 0.5) is 0 Å². The van der Waals surface area contributed by atoms with Crippen LogP contribution >= 0.6 is 0 Å². The van der Waals surface area contributed by atoms with Gasteiger partial charge in [-0.15, -0.1) is 0 Å². The summed E-state index contributed by atoms with van der Waals surface area (Å²) in [5.74, 6) is -0.340. The Morgan fingerprint density at radius 3 is 2.70 bits per heavy atom. The van der Waals surface area contributed by atoms with E-state index in [4.69, 9.17) is 5.14 Å². The summed E-state index contributed by atoms with van der Waals surface area (Å²) in [7, 11) is -3.87. The standard InChI is InChI=1S/C21H22N2O3S/c1-13-9-11-18(19-7-5-4-6-17(13)19)15(3)23-21(24)20-12-16(27(22,25)26)10-8-14(20)2/h4-6,8-12,15H,1,7H2,2-3H3,(H,23,24)(H2,22,25,26). The average molecular weight is 382 g/mol. The molecular formula is C21H22N2O3S. The van der Waals surface area contributed by atoms with Gasteiger partial charge < -0.3 is 5.32 Å². The molecule has 0 heterocycles. The lowest BCUT2D eigenvalue weighted by Gasteiger charge is -2.20. The zero-order valence-electron chi connectivity index (χ0n) is 15.3. The van der Waals surface area contributed by atoms with Gasteiger partial charge in [0.2, 0.25) is 10.0 Å². The molecule has 0 aromatic heterocycles. The van der Waals surface area contributed by atoms with Crippen LogP contribution in [0.1, 0.15) is 40.0 Å². The van der Waals surface area contributed by atoms with Gasteiger partial charge in [0.05, 0.1) is 10.9 Å². The summed E-state index contributed by atoms with van der Waals surface area (Å²) in [4.78, 5) is 12.7. The van der Waals surface area contributed by atoms with Crippen molar-refractivity contribution >= 4 is 28.6 Å². The number of hydrogen-bond donors (Lipinski definition) is 2. The average Bonchev–Trinajstić information content (AvgIpc) is 2.61. The van der Waals surface area contributed by atoms with Gasteiger partial charge in [0.15, 0.2) is 0 Å². The lowest BCUT2D eigenvalue weighted by Crippen LogP contribution is -2.34. The first kappa shape index (κ1) is 19.1. The second kappa shape index (κ2) is 7.13. The van der Waals surface area contributed by atoms with Crippen molar-refractivity contribution in [3.8, 4) is 0 Å². The Hall–Kier alpha value is -2.70. The molecule has 2 aromatic carbocycles. The number of allylic oxidation sites excluding steroid dienone is 2. The fraction of sp³-hybridized carbons (Fsp3) is 0.190. The van der Waals surface area contributed by atoms with E-state index in [0.717, 1.165) is 28.0 Å². The highest BCUT2D eigenvalue weighted by atomic mass is 32.2. The van der Waals surface area contributed by atoms with Gasteiger partial charge >= 0.3 is 0 Å². The predicted octanol–water partition coefficient (Wildman–Crippen LogP) is 1.44. The summed E-state index contributed by atoms with van der Waals surface area (Å²) in [5, 5.41) is 10.2. The number of rotatable bonds is 4. The zero-order chi connectivity index (χ0) is 19.8. The Bertz CT molecular complexity index is 1160. The van der Waals surface area contributed by atoms with Gasteiger partial charge in [-0.05, 0) is 59.5 Å². The summed E-state index contributed by atoms with van der Waals surface area (Å²) in [6, 6.07) is 7.97. The molecule has 140 valence electrons. The van der Waals surface area contributed by atoms with Crippen LogP contribution in [0.25, 0.3) is 12.7 Å². The van der Waals surface area contributed by atoms with Gasteiger partial charge in [-0.2, -0.15) is 0 Å². The Kier molecular flexibility index (Phi) is 5.04. The fourth-order valence-electron chi connectivity index (χ4n) is 3.30. The molecule has 0 saturated carbocycles. The first-order valence-electron chi connectivity index (χ1n) is 8.60. The van der Waals surface area contributed by atoms with Crippen LogP contribution in [-0.2, 0) is 16.4 Å². The van der Waals surface area contributed by atoms with Crippen LogP contribution in [0, 0.1) is 6.92 Å². The maximum absolute atomic E-state index is 12.8. The van der Waals surface area contributed by atoms with E-state index in [1.165, 1.54) is 12.1 Å². The maximum atomic E-state index is 12.8. The van der Waals surface area contributed by atoms with Crippen LogP contribution in [0.2, 0.25) is 0 Å². The fourth-order valence-corrected chi connectivity index (χ4v) is 3.84. The third-order valence-electron chi connectivity index (χ3n) is 4.80. The van der Waals surface area contributed by atoms with E-state index in [0.29, 0.717) is 11.1 Å². The molecule has 1 atom stereocenters. The molecule has 0 spiro atoms. The highest BCUT2D eigenvalue weighted by Crippen LogP contribution is 2.19. The van der Waals surface area contributed by atoms with Gasteiger partial charge in [0.25, 0.3) is 5.91 Å². The first-order chi connectivity index (χ1) is 12.7. The van der Waals surface area contributed by atoms with E-state index in [1.54, 1.807) is 13.0 Å². The number of nitrogens with one attached hydrogen (secondary N) is 1. The lowest BCUT2D eigenvalue weighted by atomic mass is 9.93. The molecule has 3 N–H and O–H groups in total. The second-order valence-corrected chi connectivity index (χ2v) is 8.28. The number of sulfonamides is 1. The largest absolute Gasteiger partial charge is 0.345 e. The van der Waals surface area contributed by atoms with E-state index in [2.05, 4.69) is 18.0 Å².